The zero-order valence-electron chi connectivity index (χ0n) is 6.12. The van der Waals surface area contributed by atoms with Crippen molar-refractivity contribution in [1.82, 2.24) is 4.98 Å². The molecule has 0 aliphatic rings. The standard InChI is InChI=1S/C6H6N2O.CH3F/c7-6(9)5-3-1-2-4-8-5;1-2/h1-4H,(H2,7,9);1H3. The molecule has 1 rings (SSSR count). The third-order valence-electron chi connectivity index (χ3n) is 0.917. The second-order valence-corrected chi connectivity index (χ2v) is 1.58. The molecule has 11 heavy (non-hydrogen) atoms. The van der Waals surface area contributed by atoms with Gasteiger partial charge in [0.05, 0.1) is 7.18 Å². The highest BCUT2D eigenvalue weighted by atomic mass is 19.1. The number of amides is 1. The van der Waals surface area contributed by atoms with Crippen molar-refractivity contribution in [3.05, 3.63) is 30.1 Å². The van der Waals surface area contributed by atoms with Crippen LogP contribution in [-0.4, -0.2) is 18.1 Å². The number of hydrogen-bond acceptors (Lipinski definition) is 2. The molecule has 2 N–H and O–H groups in total. The van der Waals surface area contributed by atoms with E-state index in [1.54, 1.807) is 18.2 Å². The number of halogens is 1. The summed E-state index contributed by atoms with van der Waals surface area (Å²) in [6.45, 7) is 0. The van der Waals surface area contributed by atoms with E-state index in [1.165, 1.54) is 6.20 Å². The maximum absolute atomic E-state index is 10.4. The van der Waals surface area contributed by atoms with Crippen LogP contribution in [0.1, 0.15) is 10.5 Å². The maximum atomic E-state index is 10.4. The molecule has 1 aromatic rings. The predicted molar refractivity (Wildman–Crippen MR) is 39.8 cm³/mol. The van der Waals surface area contributed by atoms with Crippen LogP contribution < -0.4 is 5.73 Å². The summed E-state index contributed by atoms with van der Waals surface area (Å²) < 4.78 is 9.50. The van der Waals surface area contributed by atoms with E-state index in [0.717, 1.165) is 0 Å². The summed E-state index contributed by atoms with van der Waals surface area (Å²) in [6, 6.07) is 5.02. The molecule has 0 aromatic carbocycles. The van der Waals surface area contributed by atoms with Crippen molar-refractivity contribution >= 4 is 5.91 Å². The van der Waals surface area contributed by atoms with E-state index in [-0.39, 0.29) is 0 Å². The van der Waals surface area contributed by atoms with Gasteiger partial charge in [0.1, 0.15) is 5.69 Å². The number of primary amides is 1. The van der Waals surface area contributed by atoms with E-state index >= 15 is 0 Å². The SMILES string of the molecule is CF.NC(=O)c1ccccn1. The van der Waals surface area contributed by atoms with E-state index in [0.29, 0.717) is 12.9 Å². The van der Waals surface area contributed by atoms with Crippen molar-refractivity contribution in [1.29, 1.82) is 0 Å². The Kier molecular flexibility index (Phi) is 4.64. The number of rotatable bonds is 1. The molecule has 0 saturated heterocycles. The van der Waals surface area contributed by atoms with Crippen LogP contribution in [-0.2, 0) is 0 Å². The first-order valence-corrected chi connectivity index (χ1v) is 2.89. The number of alkyl halides is 1. The highest BCUT2D eigenvalue weighted by Crippen LogP contribution is 1.88. The normalized spacial score (nSPS) is 7.82. The molecule has 0 bridgehead atoms. The van der Waals surface area contributed by atoms with E-state index in [4.69, 9.17) is 5.73 Å². The smallest absolute Gasteiger partial charge is 0.267 e. The Morgan fingerprint density at radius 1 is 1.55 bits per heavy atom. The van der Waals surface area contributed by atoms with Crippen molar-refractivity contribution in [3.63, 3.8) is 0 Å². The van der Waals surface area contributed by atoms with Gasteiger partial charge in [0.25, 0.3) is 5.91 Å². The Morgan fingerprint density at radius 2 is 2.18 bits per heavy atom. The molecule has 0 unspecified atom stereocenters. The van der Waals surface area contributed by atoms with Crippen LogP contribution in [0.25, 0.3) is 0 Å². The molecule has 0 spiro atoms. The lowest BCUT2D eigenvalue weighted by Gasteiger charge is -1.88. The first-order valence-electron chi connectivity index (χ1n) is 2.89. The van der Waals surface area contributed by atoms with Gasteiger partial charge in [-0.2, -0.15) is 0 Å². The van der Waals surface area contributed by atoms with Gasteiger partial charge >= 0.3 is 0 Å². The fourth-order valence-corrected chi connectivity index (χ4v) is 0.509. The zero-order chi connectivity index (χ0) is 8.69. The highest BCUT2D eigenvalue weighted by molar-refractivity contribution is 5.90. The van der Waals surface area contributed by atoms with Crippen LogP contribution in [0.3, 0.4) is 0 Å². The van der Waals surface area contributed by atoms with Crippen molar-refractivity contribution in [2.24, 2.45) is 5.73 Å². The molecule has 0 atom stereocenters. The van der Waals surface area contributed by atoms with Crippen LogP contribution in [0.4, 0.5) is 4.39 Å². The van der Waals surface area contributed by atoms with Crippen LogP contribution in [0.15, 0.2) is 24.4 Å². The molecule has 1 heterocycles. The average Bonchev–Trinajstić information content (AvgIpc) is 2.10. The average molecular weight is 156 g/mol. The highest BCUT2D eigenvalue weighted by Gasteiger charge is 1.95. The number of nitrogens with zero attached hydrogens (tertiary/aromatic N) is 1. The van der Waals surface area contributed by atoms with Crippen molar-refractivity contribution < 1.29 is 9.18 Å². The molecule has 1 aromatic heterocycles. The number of nitrogens with two attached hydrogens (primary N) is 1. The molecule has 60 valence electrons. The van der Waals surface area contributed by atoms with E-state index in [2.05, 4.69) is 4.98 Å². The molecular weight excluding hydrogens is 147 g/mol. The second-order valence-electron chi connectivity index (χ2n) is 1.58. The van der Waals surface area contributed by atoms with Crippen molar-refractivity contribution in [2.45, 2.75) is 0 Å². The molecule has 0 aliphatic heterocycles. The number of carbonyl (C=O) groups excluding carboxylic acids is 1. The lowest BCUT2D eigenvalue weighted by atomic mass is 10.3. The molecule has 0 fully saturated rings. The minimum absolute atomic E-state index is 0.303. The van der Waals surface area contributed by atoms with Gasteiger partial charge in [0.15, 0.2) is 0 Å². The summed E-state index contributed by atoms with van der Waals surface area (Å²) in [6.07, 6.45) is 1.53. The molecule has 4 heteroatoms. The minimum Gasteiger partial charge on any atom is -0.364 e. The molecule has 0 saturated carbocycles. The van der Waals surface area contributed by atoms with Crippen LogP contribution in [0.2, 0.25) is 0 Å². The van der Waals surface area contributed by atoms with E-state index in [1.807, 2.05) is 0 Å². The van der Waals surface area contributed by atoms with Crippen LogP contribution in [0, 0.1) is 0 Å². The van der Waals surface area contributed by atoms with E-state index in [9.17, 15) is 9.18 Å². The summed E-state index contributed by atoms with van der Waals surface area (Å²) in [5.41, 5.74) is 5.22. The van der Waals surface area contributed by atoms with Gasteiger partial charge in [-0.3, -0.25) is 14.2 Å². The Morgan fingerprint density at radius 3 is 2.45 bits per heavy atom. The lowest BCUT2D eigenvalue weighted by molar-refractivity contribution is 0.0995. The summed E-state index contributed by atoms with van der Waals surface area (Å²) in [5.74, 6) is -0.490. The van der Waals surface area contributed by atoms with Gasteiger partial charge in [0, 0.05) is 6.20 Å². The van der Waals surface area contributed by atoms with Gasteiger partial charge in [-0.05, 0) is 12.1 Å². The second kappa shape index (κ2) is 5.34. The monoisotopic (exact) mass is 156 g/mol. The zero-order valence-corrected chi connectivity index (χ0v) is 6.12. The summed E-state index contributed by atoms with van der Waals surface area (Å²) in [7, 11) is 0.500. The predicted octanol–water partition coefficient (Wildman–Crippen LogP) is 0.766. The van der Waals surface area contributed by atoms with Gasteiger partial charge in [-0.25, -0.2) is 0 Å². The largest absolute Gasteiger partial charge is 0.364 e. The fraction of sp³-hybridized carbons (Fsp3) is 0.143. The van der Waals surface area contributed by atoms with Crippen LogP contribution >= 0.6 is 0 Å². The quantitative estimate of drug-likeness (QED) is 0.652. The lowest BCUT2D eigenvalue weighted by Crippen LogP contribution is -2.12. The third kappa shape index (κ3) is 3.30. The van der Waals surface area contributed by atoms with Gasteiger partial charge in [-0.1, -0.05) is 6.07 Å². The first-order chi connectivity index (χ1) is 5.30. The fourth-order valence-electron chi connectivity index (χ4n) is 0.509. The van der Waals surface area contributed by atoms with Crippen molar-refractivity contribution in [3.8, 4) is 0 Å². The molecule has 1 amide bonds. The summed E-state index contributed by atoms with van der Waals surface area (Å²) in [4.78, 5) is 14.1. The number of aromatic nitrogens is 1. The Hall–Kier alpha value is -1.45. The maximum Gasteiger partial charge on any atom is 0.267 e. The molecule has 0 aliphatic carbocycles. The summed E-state index contributed by atoms with van der Waals surface area (Å²) in [5, 5.41) is 0. The molecular formula is C7H9FN2O. The van der Waals surface area contributed by atoms with E-state index < -0.39 is 5.91 Å². The molecule has 3 nitrogen and oxygen atoms in total. The van der Waals surface area contributed by atoms with Crippen LogP contribution in [0.5, 0.6) is 0 Å². The third-order valence-corrected chi connectivity index (χ3v) is 0.917. The van der Waals surface area contributed by atoms with Gasteiger partial charge < -0.3 is 5.73 Å². The summed E-state index contributed by atoms with van der Waals surface area (Å²) >= 11 is 0. The molecule has 0 radical (unpaired) electrons. The first kappa shape index (κ1) is 9.55. The Bertz CT molecular complexity index is 213. The number of carbonyl (C=O) groups is 1. The van der Waals surface area contributed by atoms with Gasteiger partial charge in [-0.15, -0.1) is 0 Å². The number of hydrogen-bond donors (Lipinski definition) is 1. The van der Waals surface area contributed by atoms with Gasteiger partial charge in [0.2, 0.25) is 0 Å². The topological polar surface area (TPSA) is 56.0 Å². The van der Waals surface area contributed by atoms with Crippen molar-refractivity contribution in [2.75, 3.05) is 7.18 Å². The Labute approximate surface area is 64.1 Å². The number of pyridine rings is 1. The Balaban J connectivity index is 0.000000461. The minimum atomic E-state index is -0.490.